The summed E-state index contributed by atoms with van der Waals surface area (Å²) in [5, 5.41) is 2.96. The first-order valence-electron chi connectivity index (χ1n) is 5.34. The van der Waals surface area contributed by atoms with Gasteiger partial charge in [-0.1, -0.05) is 45.9 Å². The van der Waals surface area contributed by atoms with Crippen molar-refractivity contribution in [1.82, 2.24) is 0 Å². The maximum absolute atomic E-state index is 11.8. The normalized spacial score (nSPS) is 11.2. The Morgan fingerprint density at radius 1 is 1.27 bits per heavy atom. The number of nitrogens with one attached hydrogen (secondary N) is 1. The summed E-state index contributed by atoms with van der Waals surface area (Å²) in [4.78, 5) is 11.8. The fourth-order valence-corrected chi connectivity index (χ4v) is 1.26. The molecular weight excluding hydrogens is 186 g/mol. The molecule has 1 N–H and O–H groups in total. The van der Waals surface area contributed by atoms with Crippen LogP contribution >= 0.6 is 0 Å². The van der Waals surface area contributed by atoms with E-state index in [0.717, 1.165) is 12.1 Å². The summed E-state index contributed by atoms with van der Waals surface area (Å²) in [6.45, 7) is 7.83. The van der Waals surface area contributed by atoms with Gasteiger partial charge in [0.2, 0.25) is 5.91 Å². The van der Waals surface area contributed by atoms with Crippen molar-refractivity contribution in [3.05, 3.63) is 29.8 Å². The van der Waals surface area contributed by atoms with Gasteiger partial charge >= 0.3 is 0 Å². The van der Waals surface area contributed by atoms with Gasteiger partial charge in [-0.25, -0.2) is 0 Å². The van der Waals surface area contributed by atoms with Crippen LogP contribution in [0.15, 0.2) is 24.3 Å². The third-order valence-electron chi connectivity index (χ3n) is 2.33. The molecule has 0 radical (unpaired) electrons. The van der Waals surface area contributed by atoms with Crippen molar-refractivity contribution >= 4 is 11.6 Å². The smallest absolute Gasteiger partial charge is 0.229 e. The van der Waals surface area contributed by atoms with Crippen molar-refractivity contribution in [2.45, 2.75) is 34.1 Å². The maximum atomic E-state index is 11.8. The van der Waals surface area contributed by atoms with Crippen molar-refractivity contribution in [1.29, 1.82) is 0 Å². The lowest BCUT2D eigenvalue weighted by molar-refractivity contribution is -0.123. The summed E-state index contributed by atoms with van der Waals surface area (Å²) in [6.07, 6.45) is 0.931. The van der Waals surface area contributed by atoms with E-state index in [0.29, 0.717) is 0 Å². The van der Waals surface area contributed by atoms with Crippen LogP contribution in [0.2, 0.25) is 0 Å². The highest BCUT2D eigenvalue weighted by molar-refractivity contribution is 5.95. The number of rotatable bonds is 2. The van der Waals surface area contributed by atoms with E-state index in [-0.39, 0.29) is 11.3 Å². The summed E-state index contributed by atoms with van der Waals surface area (Å²) < 4.78 is 0. The van der Waals surface area contributed by atoms with E-state index in [1.165, 1.54) is 5.56 Å². The van der Waals surface area contributed by atoms with Crippen molar-refractivity contribution < 1.29 is 4.79 Å². The molecule has 0 aliphatic heterocycles. The van der Waals surface area contributed by atoms with Gasteiger partial charge in [0.1, 0.15) is 0 Å². The molecule has 2 heteroatoms. The molecule has 0 unspecified atom stereocenters. The van der Waals surface area contributed by atoms with Crippen molar-refractivity contribution in [3.63, 3.8) is 0 Å². The zero-order valence-corrected chi connectivity index (χ0v) is 9.92. The minimum absolute atomic E-state index is 0.0587. The summed E-state index contributed by atoms with van der Waals surface area (Å²) >= 11 is 0. The fourth-order valence-electron chi connectivity index (χ4n) is 1.26. The Morgan fingerprint density at radius 3 is 2.40 bits per heavy atom. The summed E-state index contributed by atoms with van der Waals surface area (Å²) in [5.41, 5.74) is 1.76. The Labute approximate surface area is 91.7 Å². The summed E-state index contributed by atoms with van der Waals surface area (Å²) in [5.74, 6) is 0.0587. The second-order valence-electron chi connectivity index (χ2n) is 4.71. The molecular formula is C13H19NO. The third-order valence-corrected chi connectivity index (χ3v) is 2.33. The molecule has 1 aromatic rings. The molecule has 0 spiro atoms. The molecule has 15 heavy (non-hydrogen) atoms. The second kappa shape index (κ2) is 4.47. The first-order chi connectivity index (χ1) is 6.95. The highest BCUT2D eigenvalue weighted by atomic mass is 16.2. The van der Waals surface area contributed by atoms with E-state index in [4.69, 9.17) is 0 Å². The third kappa shape index (κ3) is 3.08. The predicted octanol–water partition coefficient (Wildman–Crippen LogP) is 3.23. The van der Waals surface area contributed by atoms with Gasteiger partial charge in [0.05, 0.1) is 0 Å². The Balaban J connectivity index is 2.85. The van der Waals surface area contributed by atoms with Crippen LogP contribution in [0.3, 0.4) is 0 Å². The second-order valence-corrected chi connectivity index (χ2v) is 4.71. The molecule has 0 aliphatic rings. The lowest BCUT2D eigenvalue weighted by atomic mass is 9.95. The van der Waals surface area contributed by atoms with E-state index >= 15 is 0 Å². The van der Waals surface area contributed by atoms with Crippen LogP contribution in [0.5, 0.6) is 0 Å². The minimum Gasteiger partial charge on any atom is -0.325 e. The van der Waals surface area contributed by atoms with Gasteiger partial charge in [-0.05, 0) is 18.1 Å². The van der Waals surface area contributed by atoms with Crippen molar-refractivity contribution in [2.75, 3.05) is 5.32 Å². The summed E-state index contributed by atoms with van der Waals surface area (Å²) in [7, 11) is 0. The Morgan fingerprint density at radius 2 is 1.87 bits per heavy atom. The SMILES string of the molecule is CCc1ccccc1NC(=O)C(C)(C)C. The molecule has 0 aliphatic carbocycles. The average molecular weight is 205 g/mol. The highest BCUT2D eigenvalue weighted by Crippen LogP contribution is 2.20. The molecule has 82 valence electrons. The molecule has 1 amide bonds. The molecule has 2 nitrogen and oxygen atoms in total. The van der Waals surface area contributed by atoms with E-state index in [2.05, 4.69) is 12.2 Å². The number of hydrogen-bond donors (Lipinski definition) is 1. The van der Waals surface area contributed by atoms with Gasteiger partial charge in [-0.15, -0.1) is 0 Å². The first kappa shape index (κ1) is 11.8. The first-order valence-corrected chi connectivity index (χ1v) is 5.34. The number of aryl methyl sites for hydroxylation is 1. The number of benzene rings is 1. The van der Waals surface area contributed by atoms with Crippen LogP contribution < -0.4 is 5.32 Å². The Kier molecular flexibility index (Phi) is 3.51. The number of anilines is 1. The molecule has 0 saturated heterocycles. The lowest BCUT2D eigenvalue weighted by Gasteiger charge is -2.19. The van der Waals surface area contributed by atoms with Gasteiger partial charge in [0.25, 0.3) is 0 Å². The number of carbonyl (C=O) groups is 1. The van der Waals surface area contributed by atoms with Gasteiger partial charge in [-0.2, -0.15) is 0 Å². The van der Waals surface area contributed by atoms with Gasteiger partial charge in [0, 0.05) is 11.1 Å². The standard InChI is InChI=1S/C13H19NO/c1-5-10-8-6-7-9-11(10)14-12(15)13(2,3)4/h6-9H,5H2,1-4H3,(H,14,15). The predicted molar refractivity (Wildman–Crippen MR) is 63.9 cm³/mol. The zero-order valence-electron chi connectivity index (χ0n) is 9.92. The molecule has 0 fully saturated rings. The van der Waals surface area contributed by atoms with Crippen LogP contribution in [-0.4, -0.2) is 5.91 Å². The van der Waals surface area contributed by atoms with Gasteiger partial charge < -0.3 is 5.32 Å². The maximum Gasteiger partial charge on any atom is 0.229 e. The fraction of sp³-hybridized carbons (Fsp3) is 0.462. The van der Waals surface area contributed by atoms with Gasteiger partial charge in [-0.3, -0.25) is 4.79 Å². The largest absolute Gasteiger partial charge is 0.325 e. The molecule has 0 aromatic heterocycles. The van der Waals surface area contributed by atoms with Crippen LogP contribution in [-0.2, 0) is 11.2 Å². The highest BCUT2D eigenvalue weighted by Gasteiger charge is 2.21. The molecule has 1 aromatic carbocycles. The molecule has 0 heterocycles. The van der Waals surface area contributed by atoms with Crippen LogP contribution in [0.1, 0.15) is 33.3 Å². The molecule has 0 atom stereocenters. The van der Waals surface area contributed by atoms with E-state index in [1.54, 1.807) is 0 Å². The quantitative estimate of drug-likeness (QED) is 0.789. The van der Waals surface area contributed by atoms with E-state index < -0.39 is 0 Å². The monoisotopic (exact) mass is 205 g/mol. The average Bonchev–Trinajstić information content (AvgIpc) is 2.17. The van der Waals surface area contributed by atoms with Crippen molar-refractivity contribution in [2.24, 2.45) is 5.41 Å². The van der Waals surface area contributed by atoms with Gasteiger partial charge in [0.15, 0.2) is 0 Å². The molecule has 0 saturated carbocycles. The Hall–Kier alpha value is -1.31. The zero-order chi connectivity index (χ0) is 11.5. The van der Waals surface area contributed by atoms with E-state index in [9.17, 15) is 4.79 Å². The van der Waals surface area contributed by atoms with Crippen molar-refractivity contribution in [3.8, 4) is 0 Å². The molecule has 0 bridgehead atoms. The van der Waals surface area contributed by atoms with Crippen LogP contribution in [0.4, 0.5) is 5.69 Å². The summed E-state index contributed by atoms with van der Waals surface area (Å²) in [6, 6.07) is 7.92. The lowest BCUT2D eigenvalue weighted by Crippen LogP contribution is -2.28. The van der Waals surface area contributed by atoms with Crippen LogP contribution in [0, 0.1) is 5.41 Å². The number of hydrogen-bond acceptors (Lipinski definition) is 1. The number of amides is 1. The Bertz CT molecular complexity index is 350. The topological polar surface area (TPSA) is 29.1 Å². The van der Waals surface area contributed by atoms with E-state index in [1.807, 2.05) is 45.0 Å². The van der Waals surface area contributed by atoms with Crippen LogP contribution in [0.25, 0.3) is 0 Å². The molecule has 1 rings (SSSR count). The number of carbonyl (C=O) groups excluding carboxylic acids is 1. The number of para-hydroxylation sites is 1. The minimum atomic E-state index is -0.346.